The number of hydrogen-bond donors (Lipinski definition) is 1. The molecule has 24 heavy (non-hydrogen) atoms. The number of nitrogens with one attached hydrogen (secondary N) is 1. The van der Waals surface area contributed by atoms with Crippen LogP contribution in [0.1, 0.15) is 49.0 Å². The van der Waals surface area contributed by atoms with Gasteiger partial charge in [0.05, 0.1) is 17.8 Å². The molecule has 2 heterocycles. The van der Waals surface area contributed by atoms with Crippen molar-refractivity contribution in [1.29, 1.82) is 0 Å². The highest BCUT2D eigenvalue weighted by Crippen LogP contribution is 2.38. The molecule has 0 saturated heterocycles. The molecule has 1 aliphatic rings. The standard InChI is InChI=1S/C17H23ClN4O2/c1-17(2,3)11-4-5-14-13(8-11)15(21-24-14)16(23)19-6-7-22-10-12(18)9-20-22/h9-11H,4-8H2,1-3H3,(H,19,23). The largest absolute Gasteiger partial charge is 0.360 e. The molecule has 0 fully saturated rings. The van der Waals surface area contributed by atoms with Crippen LogP contribution in [0.15, 0.2) is 16.9 Å². The van der Waals surface area contributed by atoms with E-state index in [4.69, 9.17) is 16.1 Å². The van der Waals surface area contributed by atoms with Gasteiger partial charge in [-0.05, 0) is 24.2 Å². The van der Waals surface area contributed by atoms with Crippen molar-refractivity contribution >= 4 is 17.5 Å². The lowest BCUT2D eigenvalue weighted by molar-refractivity contribution is 0.0941. The first-order chi connectivity index (χ1) is 11.3. The average molecular weight is 351 g/mol. The minimum absolute atomic E-state index is 0.187. The van der Waals surface area contributed by atoms with Gasteiger partial charge in [-0.25, -0.2) is 0 Å². The molecule has 0 radical (unpaired) electrons. The smallest absolute Gasteiger partial charge is 0.273 e. The maximum absolute atomic E-state index is 12.4. The molecule has 1 N–H and O–H groups in total. The number of fused-ring (bicyclic) bond motifs is 1. The van der Waals surface area contributed by atoms with Gasteiger partial charge in [0.1, 0.15) is 5.76 Å². The molecule has 6 nitrogen and oxygen atoms in total. The van der Waals surface area contributed by atoms with Gasteiger partial charge in [0.15, 0.2) is 5.69 Å². The molecule has 2 aromatic rings. The second-order valence-corrected chi connectivity index (χ2v) is 7.85. The van der Waals surface area contributed by atoms with Crippen molar-refractivity contribution < 1.29 is 9.32 Å². The molecule has 1 atom stereocenters. The van der Waals surface area contributed by atoms with E-state index in [9.17, 15) is 4.79 Å². The quantitative estimate of drug-likeness (QED) is 0.919. The van der Waals surface area contributed by atoms with Gasteiger partial charge in [-0.15, -0.1) is 0 Å². The van der Waals surface area contributed by atoms with E-state index in [0.29, 0.717) is 29.7 Å². The highest BCUT2D eigenvalue weighted by Gasteiger charge is 2.34. The van der Waals surface area contributed by atoms with Crippen LogP contribution in [0.3, 0.4) is 0 Å². The molecule has 3 rings (SSSR count). The minimum atomic E-state index is -0.187. The summed E-state index contributed by atoms with van der Waals surface area (Å²) in [5.41, 5.74) is 1.61. The monoisotopic (exact) mass is 350 g/mol. The Morgan fingerprint density at radius 3 is 2.96 bits per heavy atom. The fourth-order valence-electron chi connectivity index (χ4n) is 3.15. The number of hydrogen-bond acceptors (Lipinski definition) is 4. The lowest BCUT2D eigenvalue weighted by Gasteiger charge is -2.33. The van der Waals surface area contributed by atoms with E-state index >= 15 is 0 Å². The van der Waals surface area contributed by atoms with E-state index in [-0.39, 0.29) is 11.3 Å². The summed E-state index contributed by atoms with van der Waals surface area (Å²) in [6, 6.07) is 0. The molecule has 0 spiro atoms. The summed E-state index contributed by atoms with van der Waals surface area (Å²) in [6.07, 6.45) is 6.07. The summed E-state index contributed by atoms with van der Waals surface area (Å²) in [4.78, 5) is 12.4. The topological polar surface area (TPSA) is 73.0 Å². The molecule has 2 aromatic heterocycles. The molecule has 0 saturated carbocycles. The van der Waals surface area contributed by atoms with Crippen LogP contribution in [-0.4, -0.2) is 27.4 Å². The maximum Gasteiger partial charge on any atom is 0.273 e. The van der Waals surface area contributed by atoms with E-state index in [1.54, 1.807) is 17.1 Å². The Kier molecular flexibility index (Phi) is 4.67. The minimum Gasteiger partial charge on any atom is -0.360 e. The predicted octanol–water partition coefficient (Wildman–Crippen LogP) is 3.11. The Bertz CT molecular complexity index is 729. The molecule has 0 aliphatic heterocycles. The SMILES string of the molecule is CC(C)(C)C1CCc2onc(C(=O)NCCn3cc(Cl)cn3)c2C1. The summed E-state index contributed by atoms with van der Waals surface area (Å²) >= 11 is 5.82. The summed E-state index contributed by atoms with van der Waals surface area (Å²) < 4.78 is 7.08. The molecule has 1 unspecified atom stereocenters. The maximum atomic E-state index is 12.4. The zero-order valence-corrected chi connectivity index (χ0v) is 15.1. The number of carbonyl (C=O) groups excluding carboxylic acids is 1. The number of amides is 1. The van der Waals surface area contributed by atoms with Crippen LogP contribution in [0.5, 0.6) is 0 Å². The number of aryl methyl sites for hydroxylation is 1. The Labute approximate surface area is 146 Å². The Balaban J connectivity index is 1.63. The van der Waals surface area contributed by atoms with Crippen molar-refractivity contribution in [1.82, 2.24) is 20.3 Å². The predicted molar refractivity (Wildman–Crippen MR) is 91.0 cm³/mol. The van der Waals surface area contributed by atoms with Gasteiger partial charge in [0.25, 0.3) is 5.91 Å². The van der Waals surface area contributed by atoms with Crippen molar-refractivity contribution in [3.63, 3.8) is 0 Å². The van der Waals surface area contributed by atoms with Crippen molar-refractivity contribution in [2.24, 2.45) is 11.3 Å². The first kappa shape index (κ1) is 17.0. The summed E-state index contributed by atoms with van der Waals surface area (Å²) in [5.74, 6) is 1.20. The van der Waals surface area contributed by atoms with Crippen molar-refractivity contribution in [3.05, 3.63) is 34.4 Å². The summed E-state index contributed by atoms with van der Waals surface area (Å²) in [6.45, 7) is 7.74. The Morgan fingerprint density at radius 2 is 2.29 bits per heavy atom. The number of rotatable bonds is 4. The summed E-state index contributed by atoms with van der Waals surface area (Å²) in [7, 11) is 0. The third-order valence-corrected chi connectivity index (χ3v) is 4.90. The van der Waals surface area contributed by atoms with E-state index in [0.717, 1.165) is 30.6 Å². The lowest BCUT2D eigenvalue weighted by atomic mass is 9.71. The first-order valence-corrected chi connectivity index (χ1v) is 8.66. The summed E-state index contributed by atoms with van der Waals surface area (Å²) in [5, 5.41) is 11.6. The van der Waals surface area contributed by atoms with Gasteiger partial charge in [0, 0.05) is 24.7 Å². The second kappa shape index (κ2) is 6.59. The zero-order chi connectivity index (χ0) is 17.3. The van der Waals surface area contributed by atoms with Crippen molar-refractivity contribution in [2.45, 2.75) is 46.6 Å². The zero-order valence-electron chi connectivity index (χ0n) is 14.3. The molecule has 130 valence electrons. The van der Waals surface area contributed by atoms with Gasteiger partial charge in [-0.1, -0.05) is 37.5 Å². The fourth-order valence-corrected chi connectivity index (χ4v) is 3.31. The first-order valence-electron chi connectivity index (χ1n) is 8.28. The van der Waals surface area contributed by atoms with Gasteiger partial charge in [-0.3, -0.25) is 9.48 Å². The molecule has 7 heteroatoms. The Morgan fingerprint density at radius 1 is 1.50 bits per heavy atom. The highest BCUT2D eigenvalue weighted by molar-refractivity contribution is 6.30. The number of carbonyl (C=O) groups is 1. The van der Waals surface area contributed by atoms with Gasteiger partial charge in [-0.2, -0.15) is 5.10 Å². The van der Waals surface area contributed by atoms with Crippen molar-refractivity contribution in [2.75, 3.05) is 6.54 Å². The highest BCUT2D eigenvalue weighted by atomic mass is 35.5. The van der Waals surface area contributed by atoms with E-state index in [1.165, 1.54) is 0 Å². The van der Waals surface area contributed by atoms with Crippen LogP contribution in [-0.2, 0) is 19.4 Å². The molecular weight excluding hydrogens is 328 g/mol. The molecule has 0 bridgehead atoms. The Hall–Kier alpha value is -1.82. The van der Waals surface area contributed by atoms with Crippen LogP contribution < -0.4 is 5.32 Å². The van der Waals surface area contributed by atoms with Gasteiger partial charge >= 0.3 is 0 Å². The van der Waals surface area contributed by atoms with Crippen LogP contribution in [0.2, 0.25) is 5.02 Å². The van der Waals surface area contributed by atoms with E-state index in [2.05, 4.69) is 36.3 Å². The third kappa shape index (κ3) is 3.64. The number of halogens is 1. The van der Waals surface area contributed by atoms with Gasteiger partial charge < -0.3 is 9.84 Å². The normalized spacial score (nSPS) is 17.6. The molecule has 0 aromatic carbocycles. The van der Waals surface area contributed by atoms with E-state index < -0.39 is 0 Å². The molecule has 1 aliphatic carbocycles. The average Bonchev–Trinajstić information content (AvgIpc) is 3.11. The lowest BCUT2D eigenvalue weighted by Crippen LogP contribution is -2.31. The number of nitrogens with zero attached hydrogens (tertiary/aromatic N) is 3. The van der Waals surface area contributed by atoms with Crippen LogP contribution in [0.25, 0.3) is 0 Å². The fraction of sp³-hybridized carbons (Fsp3) is 0.588. The van der Waals surface area contributed by atoms with Crippen molar-refractivity contribution in [3.8, 4) is 0 Å². The number of aromatic nitrogens is 3. The van der Waals surface area contributed by atoms with Gasteiger partial charge in [0.2, 0.25) is 0 Å². The second-order valence-electron chi connectivity index (χ2n) is 7.42. The van der Waals surface area contributed by atoms with Crippen LogP contribution >= 0.6 is 11.6 Å². The molecular formula is C17H23ClN4O2. The third-order valence-electron chi connectivity index (χ3n) is 4.71. The molecule has 1 amide bonds. The van der Waals surface area contributed by atoms with Crippen LogP contribution in [0.4, 0.5) is 0 Å². The van der Waals surface area contributed by atoms with E-state index in [1.807, 2.05) is 0 Å². The van der Waals surface area contributed by atoms with Crippen LogP contribution in [0, 0.1) is 11.3 Å².